The molecule has 0 unspecified atom stereocenters. The molecular formula is C14H12BrClFNO2S. The van der Waals surface area contributed by atoms with Crippen LogP contribution in [-0.2, 0) is 16.6 Å². The predicted molar refractivity (Wildman–Crippen MR) is 84.2 cm³/mol. The van der Waals surface area contributed by atoms with Gasteiger partial charge in [0.15, 0.2) is 0 Å². The molecule has 2 aromatic carbocycles. The highest BCUT2D eigenvalue weighted by Gasteiger charge is 2.24. The van der Waals surface area contributed by atoms with E-state index in [0.717, 1.165) is 15.9 Å². The Bertz CT molecular complexity index is 750. The molecule has 0 saturated heterocycles. The van der Waals surface area contributed by atoms with E-state index in [1.54, 1.807) is 24.3 Å². The Hall–Kier alpha value is -0.950. The van der Waals surface area contributed by atoms with Crippen molar-refractivity contribution in [1.29, 1.82) is 0 Å². The quantitative estimate of drug-likeness (QED) is 0.787. The molecule has 0 saturated carbocycles. The lowest BCUT2D eigenvalue weighted by atomic mass is 10.2. The summed E-state index contributed by atoms with van der Waals surface area (Å²) in [5.41, 5.74) is 0.767. The first-order valence-electron chi connectivity index (χ1n) is 5.96. The van der Waals surface area contributed by atoms with E-state index in [9.17, 15) is 12.8 Å². The van der Waals surface area contributed by atoms with Crippen molar-refractivity contribution in [2.24, 2.45) is 0 Å². The van der Waals surface area contributed by atoms with Gasteiger partial charge >= 0.3 is 0 Å². The van der Waals surface area contributed by atoms with Gasteiger partial charge in [0.1, 0.15) is 10.7 Å². The van der Waals surface area contributed by atoms with Crippen molar-refractivity contribution >= 4 is 37.6 Å². The summed E-state index contributed by atoms with van der Waals surface area (Å²) in [5.74, 6) is -0.785. The minimum absolute atomic E-state index is 0.134. The third-order valence-electron chi connectivity index (χ3n) is 2.90. The average Bonchev–Trinajstić information content (AvgIpc) is 2.40. The Morgan fingerprint density at radius 1 is 1.19 bits per heavy atom. The third-order valence-corrected chi connectivity index (χ3v) is 5.48. The van der Waals surface area contributed by atoms with Crippen LogP contribution in [0.1, 0.15) is 5.56 Å². The fraction of sp³-hybridized carbons (Fsp3) is 0.143. The maximum atomic E-state index is 13.8. The van der Waals surface area contributed by atoms with Gasteiger partial charge in [0, 0.05) is 23.1 Å². The van der Waals surface area contributed by atoms with E-state index in [-0.39, 0.29) is 11.4 Å². The Labute approximate surface area is 136 Å². The fourth-order valence-electron chi connectivity index (χ4n) is 1.78. The minimum atomic E-state index is -3.89. The van der Waals surface area contributed by atoms with Crippen LogP contribution in [0.3, 0.4) is 0 Å². The van der Waals surface area contributed by atoms with E-state index in [2.05, 4.69) is 15.9 Å². The lowest BCUT2D eigenvalue weighted by Gasteiger charge is -2.18. The fourth-order valence-corrected chi connectivity index (χ4v) is 3.44. The second-order valence-corrected chi connectivity index (χ2v) is 7.83. The molecule has 0 aliphatic carbocycles. The van der Waals surface area contributed by atoms with Gasteiger partial charge in [-0.25, -0.2) is 12.8 Å². The van der Waals surface area contributed by atoms with Crippen LogP contribution < -0.4 is 0 Å². The second-order valence-electron chi connectivity index (χ2n) is 4.46. The zero-order valence-electron chi connectivity index (χ0n) is 11.1. The molecule has 112 valence electrons. The lowest BCUT2D eigenvalue weighted by molar-refractivity contribution is 0.460. The monoisotopic (exact) mass is 391 g/mol. The average molecular weight is 393 g/mol. The highest BCUT2D eigenvalue weighted by molar-refractivity contribution is 9.10. The third kappa shape index (κ3) is 3.83. The number of hydrogen-bond donors (Lipinski definition) is 0. The summed E-state index contributed by atoms with van der Waals surface area (Å²) >= 11 is 8.88. The van der Waals surface area contributed by atoms with Gasteiger partial charge in [0.05, 0.1) is 0 Å². The normalized spacial score (nSPS) is 11.9. The van der Waals surface area contributed by atoms with Crippen molar-refractivity contribution in [2.75, 3.05) is 7.05 Å². The summed E-state index contributed by atoms with van der Waals surface area (Å²) in [6, 6.07) is 10.7. The summed E-state index contributed by atoms with van der Waals surface area (Å²) in [6.07, 6.45) is 0. The van der Waals surface area contributed by atoms with Crippen LogP contribution in [0, 0.1) is 5.82 Å². The molecule has 7 heteroatoms. The van der Waals surface area contributed by atoms with Gasteiger partial charge in [-0.05, 0) is 35.9 Å². The second kappa shape index (κ2) is 6.44. The molecule has 0 atom stereocenters. The van der Waals surface area contributed by atoms with Crippen LogP contribution in [-0.4, -0.2) is 19.8 Å². The Balaban J connectivity index is 2.28. The zero-order chi connectivity index (χ0) is 15.6. The first-order chi connectivity index (χ1) is 9.80. The van der Waals surface area contributed by atoms with Crippen molar-refractivity contribution in [2.45, 2.75) is 11.4 Å². The molecule has 0 N–H and O–H groups in total. The van der Waals surface area contributed by atoms with Crippen LogP contribution in [0.15, 0.2) is 51.8 Å². The molecular weight excluding hydrogens is 381 g/mol. The largest absolute Gasteiger partial charge is 0.246 e. The predicted octanol–water partition coefficient (Wildman–Crippen LogP) is 4.06. The number of benzene rings is 2. The molecule has 0 radical (unpaired) electrons. The van der Waals surface area contributed by atoms with Gasteiger partial charge in [-0.1, -0.05) is 39.7 Å². The van der Waals surface area contributed by atoms with Crippen LogP contribution >= 0.6 is 27.5 Å². The van der Waals surface area contributed by atoms with E-state index in [0.29, 0.717) is 9.50 Å². The van der Waals surface area contributed by atoms with Gasteiger partial charge < -0.3 is 0 Å². The molecule has 0 heterocycles. The number of sulfonamides is 1. The molecule has 0 aliphatic rings. The van der Waals surface area contributed by atoms with Gasteiger partial charge in [-0.2, -0.15) is 4.31 Å². The summed E-state index contributed by atoms with van der Waals surface area (Å²) in [5, 5.41) is 0.572. The first-order valence-corrected chi connectivity index (χ1v) is 8.57. The SMILES string of the molecule is CN(Cc1ccc(Cl)cc1)S(=O)(=O)c1ccc(Br)cc1F. The number of halogens is 3. The van der Waals surface area contributed by atoms with Crippen molar-refractivity contribution < 1.29 is 12.8 Å². The Kier molecular flexibility index (Phi) is 5.03. The molecule has 0 bridgehead atoms. The Morgan fingerprint density at radius 2 is 1.81 bits per heavy atom. The smallest absolute Gasteiger partial charge is 0.207 e. The number of hydrogen-bond acceptors (Lipinski definition) is 2. The maximum Gasteiger partial charge on any atom is 0.246 e. The maximum absolute atomic E-state index is 13.8. The summed E-state index contributed by atoms with van der Waals surface area (Å²) in [7, 11) is -2.48. The summed E-state index contributed by atoms with van der Waals surface area (Å²) in [4.78, 5) is -0.345. The van der Waals surface area contributed by atoms with Crippen molar-refractivity contribution in [3.63, 3.8) is 0 Å². The minimum Gasteiger partial charge on any atom is -0.207 e. The summed E-state index contributed by atoms with van der Waals surface area (Å²) in [6.45, 7) is 0.134. The van der Waals surface area contributed by atoms with E-state index >= 15 is 0 Å². The summed E-state index contributed by atoms with van der Waals surface area (Å²) < 4.78 is 40.2. The topological polar surface area (TPSA) is 37.4 Å². The van der Waals surface area contributed by atoms with Crippen molar-refractivity contribution in [1.82, 2.24) is 4.31 Å². The highest BCUT2D eigenvalue weighted by atomic mass is 79.9. The molecule has 0 aromatic heterocycles. The standard InChI is InChI=1S/C14H12BrClFNO2S/c1-18(9-10-2-5-12(16)6-3-10)21(19,20)14-7-4-11(15)8-13(14)17/h2-8H,9H2,1H3. The molecule has 0 fully saturated rings. The molecule has 0 aliphatic heterocycles. The molecule has 2 rings (SSSR count). The van der Waals surface area contributed by atoms with E-state index < -0.39 is 15.8 Å². The number of nitrogens with zero attached hydrogens (tertiary/aromatic N) is 1. The van der Waals surface area contributed by atoms with Crippen LogP contribution in [0.2, 0.25) is 5.02 Å². The van der Waals surface area contributed by atoms with Crippen molar-refractivity contribution in [3.05, 3.63) is 63.3 Å². The van der Waals surface area contributed by atoms with Gasteiger partial charge in [0.2, 0.25) is 10.0 Å². The molecule has 21 heavy (non-hydrogen) atoms. The van der Waals surface area contributed by atoms with E-state index in [1.807, 2.05) is 0 Å². The van der Waals surface area contributed by atoms with Gasteiger partial charge in [0.25, 0.3) is 0 Å². The van der Waals surface area contributed by atoms with Crippen LogP contribution in [0.25, 0.3) is 0 Å². The molecule has 0 spiro atoms. The molecule has 3 nitrogen and oxygen atoms in total. The van der Waals surface area contributed by atoms with Gasteiger partial charge in [-0.15, -0.1) is 0 Å². The zero-order valence-corrected chi connectivity index (χ0v) is 14.2. The number of rotatable bonds is 4. The molecule has 0 amide bonds. The van der Waals surface area contributed by atoms with E-state index in [4.69, 9.17) is 11.6 Å². The highest BCUT2D eigenvalue weighted by Crippen LogP contribution is 2.23. The van der Waals surface area contributed by atoms with E-state index in [1.165, 1.54) is 19.2 Å². The lowest BCUT2D eigenvalue weighted by Crippen LogP contribution is -2.27. The first kappa shape index (κ1) is 16.4. The Morgan fingerprint density at radius 3 is 2.38 bits per heavy atom. The molecule has 2 aromatic rings. The van der Waals surface area contributed by atoms with Crippen molar-refractivity contribution in [3.8, 4) is 0 Å². The van der Waals surface area contributed by atoms with Crippen LogP contribution in [0.4, 0.5) is 4.39 Å². The van der Waals surface area contributed by atoms with Crippen LogP contribution in [0.5, 0.6) is 0 Å². The van der Waals surface area contributed by atoms with Gasteiger partial charge in [-0.3, -0.25) is 0 Å².